The van der Waals surface area contributed by atoms with Crippen LogP contribution in [0.1, 0.15) is 36.0 Å². The summed E-state index contributed by atoms with van der Waals surface area (Å²) in [4.78, 5) is 10.8. The molecule has 2 N–H and O–H groups in total. The molecule has 2 fully saturated rings. The highest BCUT2D eigenvalue weighted by Gasteiger charge is 2.39. The number of carboxylic acid groups (broad SMARTS) is 1. The lowest BCUT2D eigenvalue weighted by Gasteiger charge is -2.21. The third kappa shape index (κ3) is 2.62. The van der Waals surface area contributed by atoms with Crippen LogP contribution in [0.2, 0.25) is 0 Å². The fourth-order valence-electron chi connectivity index (χ4n) is 3.48. The molecule has 2 saturated carbocycles. The van der Waals surface area contributed by atoms with Gasteiger partial charge in [-0.05, 0) is 43.1 Å². The second-order valence-corrected chi connectivity index (χ2v) is 8.65. The molecular weight excluding hydrogens is 298 g/mol. The van der Waals surface area contributed by atoms with Crippen LogP contribution in [0.25, 0.3) is 0 Å². The SMILES string of the molecule is O=C(O)c1csc(S(=O)(=O)NCC2CC3CCC2C3)c1. The third-order valence-electron chi connectivity index (χ3n) is 4.51. The first-order chi connectivity index (χ1) is 9.45. The molecule has 0 aromatic carbocycles. The van der Waals surface area contributed by atoms with Gasteiger partial charge in [-0.15, -0.1) is 11.3 Å². The number of hydrogen-bond donors (Lipinski definition) is 2. The lowest BCUT2D eigenvalue weighted by atomic mass is 9.89. The van der Waals surface area contributed by atoms with Gasteiger partial charge in [0, 0.05) is 11.9 Å². The standard InChI is InChI=1S/C13H17NO4S2/c15-13(16)11-5-12(19-7-11)20(17,18)14-6-10-4-8-1-2-9(10)3-8/h5,7-10,14H,1-4,6H2,(H,15,16). The van der Waals surface area contributed by atoms with E-state index in [2.05, 4.69) is 4.72 Å². The predicted octanol–water partition coefficient (Wildman–Crippen LogP) is 2.16. The first kappa shape index (κ1) is 14.0. The maximum atomic E-state index is 12.1. The molecule has 1 aromatic rings. The summed E-state index contributed by atoms with van der Waals surface area (Å²) in [6.45, 7) is 0.476. The van der Waals surface area contributed by atoms with Gasteiger partial charge in [0.05, 0.1) is 5.56 Å². The fraction of sp³-hybridized carbons (Fsp3) is 0.615. The van der Waals surface area contributed by atoms with Gasteiger partial charge in [-0.1, -0.05) is 6.42 Å². The van der Waals surface area contributed by atoms with Gasteiger partial charge in [-0.25, -0.2) is 17.9 Å². The molecule has 5 nitrogen and oxygen atoms in total. The number of carboxylic acids is 1. The molecule has 3 rings (SSSR count). The molecule has 3 unspecified atom stereocenters. The van der Waals surface area contributed by atoms with E-state index >= 15 is 0 Å². The Labute approximate surface area is 122 Å². The first-order valence-electron chi connectivity index (χ1n) is 6.77. The second kappa shape index (κ2) is 5.13. The Bertz CT molecular complexity index is 622. The number of aromatic carboxylic acids is 1. The number of hydrogen-bond acceptors (Lipinski definition) is 4. The number of fused-ring (bicyclic) bond motifs is 2. The van der Waals surface area contributed by atoms with Crippen molar-refractivity contribution >= 4 is 27.3 Å². The number of rotatable bonds is 5. The van der Waals surface area contributed by atoms with Crippen LogP contribution in [-0.2, 0) is 10.0 Å². The summed E-state index contributed by atoms with van der Waals surface area (Å²) in [7, 11) is -3.57. The van der Waals surface area contributed by atoms with E-state index in [1.165, 1.54) is 30.7 Å². The topological polar surface area (TPSA) is 83.5 Å². The summed E-state index contributed by atoms with van der Waals surface area (Å²) >= 11 is 0.951. The van der Waals surface area contributed by atoms with Gasteiger partial charge in [-0.2, -0.15) is 0 Å². The Kier molecular flexibility index (Phi) is 3.60. The predicted molar refractivity (Wildman–Crippen MR) is 75.4 cm³/mol. The molecule has 0 aliphatic heterocycles. The molecule has 1 heterocycles. The van der Waals surface area contributed by atoms with Crippen molar-refractivity contribution in [3.63, 3.8) is 0 Å². The zero-order chi connectivity index (χ0) is 14.3. The van der Waals surface area contributed by atoms with E-state index in [-0.39, 0.29) is 9.77 Å². The minimum absolute atomic E-state index is 0.0234. The van der Waals surface area contributed by atoms with E-state index in [0.717, 1.165) is 23.7 Å². The summed E-state index contributed by atoms with van der Waals surface area (Å²) in [5.41, 5.74) is 0.0234. The lowest BCUT2D eigenvalue weighted by Crippen LogP contribution is -2.31. The van der Waals surface area contributed by atoms with Crippen molar-refractivity contribution in [1.29, 1.82) is 0 Å². The zero-order valence-corrected chi connectivity index (χ0v) is 12.5. The highest BCUT2D eigenvalue weighted by molar-refractivity contribution is 7.91. The molecule has 0 saturated heterocycles. The molecule has 7 heteroatoms. The molecule has 110 valence electrons. The number of sulfonamides is 1. The van der Waals surface area contributed by atoms with Crippen molar-refractivity contribution < 1.29 is 18.3 Å². The van der Waals surface area contributed by atoms with Crippen molar-refractivity contribution in [2.45, 2.75) is 29.9 Å². The maximum absolute atomic E-state index is 12.1. The van der Waals surface area contributed by atoms with Crippen LogP contribution in [0.3, 0.4) is 0 Å². The van der Waals surface area contributed by atoms with E-state index in [4.69, 9.17) is 5.11 Å². The Hall–Kier alpha value is -0.920. The molecule has 0 radical (unpaired) electrons. The molecule has 0 spiro atoms. The van der Waals surface area contributed by atoms with E-state index in [1.54, 1.807) is 0 Å². The largest absolute Gasteiger partial charge is 0.478 e. The van der Waals surface area contributed by atoms with Crippen molar-refractivity contribution in [2.75, 3.05) is 6.54 Å². The smallest absolute Gasteiger partial charge is 0.336 e. The number of nitrogens with one attached hydrogen (secondary N) is 1. The van der Waals surface area contributed by atoms with E-state index < -0.39 is 16.0 Å². The van der Waals surface area contributed by atoms with E-state index in [9.17, 15) is 13.2 Å². The summed E-state index contributed by atoms with van der Waals surface area (Å²) < 4.78 is 27.0. The van der Waals surface area contributed by atoms with Crippen LogP contribution in [0.4, 0.5) is 0 Å². The van der Waals surface area contributed by atoms with Gasteiger partial charge in [0.15, 0.2) is 0 Å². The van der Waals surface area contributed by atoms with Gasteiger partial charge in [-0.3, -0.25) is 0 Å². The van der Waals surface area contributed by atoms with Gasteiger partial charge in [0.1, 0.15) is 4.21 Å². The van der Waals surface area contributed by atoms with Crippen LogP contribution in [0.5, 0.6) is 0 Å². The fourth-order valence-corrected chi connectivity index (χ4v) is 5.78. The monoisotopic (exact) mass is 315 g/mol. The second-order valence-electron chi connectivity index (χ2n) is 5.75. The molecule has 2 aliphatic carbocycles. The number of carbonyl (C=O) groups is 1. The van der Waals surface area contributed by atoms with Crippen LogP contribution in [0, 0.1) is 17.8 Å². The molecule has 3 atom stereocenters. The number of thiophene rings is 1. The van der Waals surface area contributed by atoms with E-state index in [0.29, 0.717) is 18.4 Å². The third-order valence-corrected chi connectivity index (χ3v) is 7.37. The van der Waals surface area contributed by atoms with E-state index in [1.807, 2.05) is 0 Å². The van der Waals surface area contributed by atoms with Gasteiger partial charge in [0.2, 0.25) is 10.0 Å². The summed E-state index contributed by atoms with van der Waals surface area (Å²) in [5, 5.41) is 10.2. The molecule has 0 amide bonds. The zero-order valence-electron chi connectivity index (χ0n) is 10.9. The van der Waals surface area contributed by atoms with Crippen molar-refractivity contribution in [3.05, 3.63) is 17.0 Å². The van der Waals surface area contributed by atoms with Crippen LogP contribution in [0.15, 0.2) is 15.7 Å². The Morgan fingerprint density at radius 2 is 2.20 bits per heavy atom. The van der Waals surface area contributed by atoms with Crippen LogP contribution in [-0.4, -0.2) is 26.0 Å². The molecule has 20 heavy (non-hydrogen) atoms. The average molecular weight is 315 g/mol. The molecule has 2 aliphatic rings. The maximum Gasteiger partial charge on any atom is 0.336 e. The average Bonchev–Trinajstić information content (AvgIpc) is 3.11. The van der Waals surface area contributed by atoms with Crippen molar-refractivity contribution in [2.24, 2.45) is 17.8 Å². The van der Waals surface area contributed by atoms with Gasteiger partial charge in [0.25, 0.3) is 0 Å². The minimum atomic E-state index is -3.57. The minimum Gasteiger partial charge on any atom is -0.478 e. The molecular formula is C13H17NO4S2. The highest BCUT2D eigenvalue weighted by Crippen LogP contribution is 2.48. The normalized spacial score (nSPS) is 28.9. The first-order valence-corrected chi connectivity index (χ1v) is 9.13. The lowest BCUT2D eigenvalue weighted by molar-refractivity contribution is 0.0697. The van der Waals surface area contributed by atoms with Crippen LogP contribution >= 0.6 is 11.3 Å². The Balaban J connectivity index is 1.64. The van der Waals surface area contributed by atoms with Gasteiger partial charge < -0.3 is 5.11 Å². The molecule has 2 bridgehead atoms. The van der Waals surface area contributed by atoms with Crippen molar-refractivity contribution in [3.8, 4) is 0 Å². The Morgan fingerprint density at radius 1 is 1.40 bits per heavy atom. The highest BCUT2D eigenvalue weighted by atomic mass is 32.2. The summed E-state index contributed by atoms with van der Waals surface area (Å²) in [5.74, 6) is 0.800. The summed E-state index contributed by atoms with van der Waals surface area (Å²) in [6, 6.07) is 1.22. The van der Waals surface area contributed by atoms with Gasteiger partial charge >= 0.3 is 5.97 Å². The van der Waals surface area contributed by atoms with Crippen molar-refractivity contribution in [1.82, 2.24) is 4.72 Å². The Morgan fingerprint density at radius 3 is 2.75 bits per heavy atom. The quantitative estimate of drug-likeness (QED) is 0.872. The van der Waals surface area contributed by atoms with Crippen LogP contribution < -0.4 is 4.72 Å². The summed E-state index contributed by atoms with van der Waals surface area (Å²) in [6.07, 6.45) is 4.88. The molecule has 1 aromatic heterocycles.